The molecule has 1 saturated heterocycles. The van der Waals surface area contributed by atoms with Crippen molar-refractivity contribution in [1.82, 2.24) is 4.90 Å². The van der Waals surface area contributed by atoms with Crippen LogP contribution in [0.2, 0.25) is 0 Å². The van der Waals surface area contributed by atoms with Crippen LogP contribution in [0.5, 0.6) is 0 Å². The lowest BCUT2D eigenvalue weighted by Gasteiger charge is -2.41. The molecule has 3 aromatic rings. The van der Waals surface area contributed by atoms with Crippen molar-refractivity contribution in [3.8, 4) is 0 Å². The first-order valence-electron chi connectivity index (χ1n) is 10.8. The van der Waals surface area contributed by atoms with Crippen molar-refractivity contribution >= 4 is 0 Å². The predicted octanol–water partition coefficient (Wildman–Crippen LogP) is 4.54. The zero-order valence-corrected chi connectivity index (χ0v) is 17.7. The minimum atomic E-state index is -1.02. The Hall–Kier alpha value is -2.46. The molecule has 0 spiro atoms. The molecule has 156 valence electrons. The van der Waals surface area contributed by atoms with Crippen LogP contribution in [0, 0.1) is 6.92 Å². The van der Waals surface area contributed by atoms with Crippen molar-refractivity contribution in [2.75, 3.05) is 32.8 Å². The molecule has 0 bridgehead atoms. The van der Waals surface area contributed by atoms with Gasteiger partial charge in [-0.1, -0.05) is 90.5 Å². The molecule has 2 atom stereocenters. The molecule has 3 nitrogen and oxygen atoms in total. The van der Waals surface area contributed by atoms with Crippen LogP contribution in [0.25, 0.3) is 0 Å². The maximum absolute atomic E-state index is 12.4. The molecule has 0 unspecified atom stereocenters. The summed E-state index contributed by atoms with van der Waals surface area (Å²) in [4.78, 5) is 2.42. The first-order valence-corrected chi connectivity index (χ1v) is 10.8. The fraction of sp³-hybridized carbons (Fsp3) is 0.333. The minimum absolute atomic E-state index is 0.0558. The lowest BCUT2D eigenvalue weighted by atomic mass is 9.73. The van der Waals surface area contributed by atoms with Crippen LogP contribution < -0.4 is 0 Å². The van der Waals surface area contributed by atoms with E-state index in [-0.39, 0.29) is 5.92 Å². The van der Waals surface area contributed by atoms with Gasteiger partial charge in [-0.3, -0.25) is 4.90 Å². The maximum Gasteiger partial charge on any atom is 0.102 e. The Morgan fingerprint density at radius 2 is 1.47 bits per heavy atom. The zero-order chi connectivity index (χ0) is 20.8. The molecule has 30 heavy (non-hydrogen) atoms. The summed E-state index contributed by atoms with van der Waals surface area (Å²) in [6.07, 6.45) is 0.570. The number of hydrogen-bond donors (Lipinski definition) is 1. The Morgan fingerprint density at radius 1 is 0.867 bits per heavy atom. The third-order valence-corrected chi connectivity index (χ3v) is 6.19. The number of aryl methyl sites for hydroxylation is 1. The SMILES string of the molecule is Cc1ccc([C@@](O)(Cc2ccccc2)[C@@H](CN2CCOCC2)c2ccccc2)cc1. The molecular formula is C27H31NO2. The molecule has 1 aliphatic rings. The van der Waals surface area contributed by atoms with Gasteiger partial charge in [-0.15, -0.1) is 0 Å². The molecule has 0 amide bonds. The normalized spacial score (nSPS) is 17.9. The minimum Gasteiger partial charge on any atom is -0.384 e. The van der Waals surface area contributed by atoms with Gasteiger partial charge in [0.05, 0.1) is 13.2 Å². The number of morpholine rings is 1. The fourth-order valence-electron chi connectivity index (χ4n) is 4.44. The standard InChI is InChI=1S/C27H31NO2/c1-22-12-14-25(15-13-22)27(29,20-23-8-4-2-5-9-23)26(24-10-6-3-7-11-24)21-28-16-18-30-19-17-28/h2-15,26,29H,16-21H2,1H3/t26-,27-/m0/s1. The van der Waals surface area contributed by atoms with E-state index < -0.39 is 5.60 Å². The van der Waals surface area contributed by atoms with Gasteiger partial charge < -0.3 is 9.84 Å². The monoisotopic (exact) mass is 401 g/mol. The number of aliphatic hydroxyl groups is 1. The molecule has 0 aromatic heterocycles. The van der Waals surface area contributed by atoms with Gasteiger partial charge in [-0.2, -0.15) is 0 Å². The van der Waals surface area contributed by atoms with Crippen LogP contribution in [0.3, 0.4) is 0 Å². The van der Waals surface area contributed by atoms with Crippen molar-refractivity contribution in [2.45, 2.75) is 24.9 Å². The number of benzene rings is 3. The molecule has 0 aliphatic carbocycles. The van der Waals surface area contributed by atoms with E-state index >= 15 is 0 Å². The Labute approximate surface area is 179 Å². The molecule has 3 heteroatoms. The average Bonchev–Trinajstić information content (AvgIpc) is 2.80. The predicted molar refractivity (Wildman–Crippen MR) is 122 cm³/mol. The number of ether oxygens (including phenoxy) is 1. The summed E-state index contributed by atoms with van der Waals surface area (Å²) >= 11 is 0. The number of hydrogen-bond acceptors (Lipinski definition) is 3. The van der Waals surface area contributed by atoms with Gasteiger partial charge in [-0.05, 0) is 23.6 Å². The Balaban J connectivity index is 1.77. The van der Waals surface area contributed by atoms with Gasteiger partial charge in [0.1, 0.15) is 5.60 Å². The topological polar surface area (TPSA) is 32.7 Å². The second-order valence-corrected chi connectivity index (χ2v) is 8.33. The van der Waals surface area contributed by atoms with E-state index in [1.807, 2.05) is 24.3 Å². The van der Waals surface area contributed by atoms with Crippen LogP contribution in [0.15, 0.2) is 84.9 Å². The smallest absolute Gasteiger partial charge is 0.102 e. The lowest BCUT2D eigenvalue weighted by Crippen LogP contribution is -2.45. The van der Waals surface area contributed by atoms with Gasteiger partial charge in [0, 0.05) is 32.0 Å². The first-order chi connectivity index (χ1) is 14.6. The molecule has 1 aliphatic heterocycles. The van der Waals surface area contributed by atoms with Crippen LogP contribution in [-0.2, 0) is 16.8 Å². The summed E-state index contributed by atoms with van der Waals surface area (Å²) in [5.41, 5.74) is 3.46. The van der Waals surface area contributed by atoms with E-state index in [9.17, 15) is 5.11 Å². The molecule has 1 N–H and O–H groups in total. The highest BCUT2D eigenvalue weighted by Gasteiger charge is 2.40. The molecular weight excluding hydrogens is 370 g/mol. The quantitative estimate of drug-likeness (QED) is 0.631. The van der Waals surface area contributed by atoms with Gasteiger partial charge in [0.15, 0.2) is 0 Å². The second-order valence-electron chi connectivity index (χ2n) is 8.33. The third kappa shape index (κ3) is 4.81. The van der Waals surface area contributed by atoms with E-state index in [4.69, 9.17) is 4.74 Å². The lowest BCUT2D eigenvalue weighted by molar-refractivity contribution is -0.0223. The third-order valence-electron chi connectivity index (χ3n) is 6.19. The van der Waals surface area contributed by atoms with E-state index in [0.29, 0.717) is 6.42 Å². The molecule has 1 fully saturated rings. The summed E-state index contributed by atoms with van der Waals surface area (Å²) in [6, 6.07) is 29.2. The maximum atomic E-state index is 12.4. The highest BCUT2D eigenvalue weighted by molar-refractivity contribution is 5.36. The molecule has 4 rings (SSSR count). The highest BCUT2D eigenvalue weighted by atomic mass is 16.5. The first kappa shape index (κ1) is 20.8. The van der Waals surface area contributed by atoms with E-state index in [1.165, 1.54) is 11.1 Å². The summed E-state index contributed by atoms with van der Waals surface area (Å²) in [5, 5.41) is 12.4. The zero-order valence-electron chi connectivity index (χ0n) is 17.7. The molecule has 1 heterocycles. The van der Waals surface area contributed by atoms with Gasteiger partial charge in [0.25, 0.3) is 0 Å². The number of rotatable bonds is 7. The van der Waals surface area contributed by atoms with Crippen LogP contribution >= 0.6 is 0 Å². The van der Waals surface area contributed by atoms with Crippen molar-refractivity contribution in [3.63, 3.8) is 0 Å². The van der Waals surface area contributed by atoms with Gasteiger partial charge >= 0.3 is 0 Å². The van der Waals surface area contributed by atoms with E-state index in [0.717, 1.165) is 44.0 Å². The average molecular weight is 402 g/mol. The summed E-state index contributed by atoms with van der Waals surface area (Å²) in [5.74, 6) is -0.0558. The van der Waals surface area contributed by atoms with Crippen LogP contribution in [-0.4, -0.2) is 42.9 Å². The molecule has 0 saturated carbocycles. The summed E-state index contributed by atoms with van der Waals surface area (Å²) < 4.78 is 5.56. The number of nitrogens with zero attached hydrogens (tertiary/aromatic N) is 1. The summed E-state index contributed by atoms with van der Waals surface area (Å²) in [7, 11) is 0. The van der Waals surface area contributed by atoms with Crippen molar-refractivity contribution < 1.29 is 9.84 Å². The van der Waals surface area contributed by atoms with Gasteiger partial charge in [0.2, 0.25) is 0 Å². The van der Waals surface area contributed by atoms with Gasteiger partial charge in [-0.25, -0.2) is 0 Å². The largest absolute Gasteiger partial charge is 0.384 e. The Bertz CT molecular complexity index is 905. The van der Waals surface area contributed by atoms with E-state index in [2.05, 4.69) is 72.5 Å². The van der Waals surface area contributed by atoms with Crippen molar-refractivity contribution in [1.29, 1.82) is 0 Å². The highest BCUT2D eigenvalue weighted by Crippen LogP contribution is 2.40. The fourth-order valence-corrected chi connectivity index (χ4v) is 4.44. The van der Waals surface area contributed by atoms with Crippen molar-refractivity contribution in [3.05, 3.63) is 107 Å². The summed E-state index contributed by atoms with van der Waals surface area (Å²) in [6.45, 7) is 6.19. The second kappa shape index (κ2) is 9.57. The Morgan fingerprint density at radius 3 is 2.10 bits per heavy atom. The Kier molecular flexibility index (Phi) is 6.63. The molecule has 3 aromatic carbocycles. The molecule has 0 radical (unpaired) electrons. The van der Waals surface area contributed by atoms with Crippen LogP contribution in [0.1, 0.15) is 28.2 Å². The van der Waals surface area contributed by atoms with E-state index in [1.54, 1.807) is 0 Å². The van der Waals surface area contributed by atoms with Crippen LogP contribution in [0.4, 0.5) is 0 Å². The van der Waals surface area contributed by atoms with Crippen molar-refractivity contribution in [2.24, 2.45) is 0 Å².